The van der Waals surface area contributed by atoms with Crippen molar-refractivity contribution in [1.29, 1.82) is 0 Å². The van der Waals surface area contributed by atoms with E-state index in [1.165, 1.54) is 0 Å². The first-order valence-corrected chi connectivity index (χ1v) is 10.7. The lowest BCUT2D eigenvalue weighted by Crippen LogP contribution is -2.37. The molecule has 0 fully saturated rings. The first-order valence-electron chi connectivity index (χ1n) is 8.82. The van der Waals surface area contributed by atoms with E-state index >= 15 is 0 Å². The zero-order valence-corrected chi connectivity index (χ0v) is 18.4. The first kappa shape index (κ1) is 21.9. The number of halogens is 2. The Hall–Kier alpha value is -1.36. The number of thioether (sulfide) groups is 1. The summed E-state index contributed by atoms with van der Waals surface area (Å²) in [6.07, 6.45) is -0.537. The fraction of sp³-hybridized carbons (Fsp3) is 0.381. The van der Waals surface area contributed by atoms with Crippen molar-refractivity contribution in [2.75, 3.05) is 12.3 Å². The van der Waals surface area contributed by atoms with Gasteiger partial charge in [-0.25, -0.2) is 0 Å². The molecule has 0 bridgehead atoms. The molecule has 0 aliphatic heterocycles. The fourth-order valence-electron chi connectivity index (χ4n) is 2.58. The normalized spacial score (nSPS) is 11.9. The maximum Gasteiger partial charge on any atom is 0.260 e. The second kappa shape index (κ2) is 10.3. The van der Waals surface area contributed by atoms with Gasteiger partial charge < -0.3 is 10.1 Å². The summed E-state index contributed by atoms with van der Waals surface area (Å²) in [7, 11) is 0. The lowest BCUT2D eigenvalue weighted by atomic mass is 10.1. The summed E-state index contributed by atoms with van der Waals surface area (Å²) < 4.78 is 5.87. The van der Waals surface area contributed by atoms with E-state index < -0.39 is 6.10 Å². The molecule has 0 unspecified atom stereocenters. The van der Waals surface area contributed by atoms with Gasteiger partial charge in [-0.15, -0.1) is 0 Å². The van der Waals surface area contributed by atoms with Crippen molar-refractivity contribution in [3.63, 3.8) is 0 Å². The SMILES string of the molecule is Cc1cc(C)c(C)c(O[C@H](C)C(=O)NCCSCc2ccc(Cl)c(Cl)c2)c1. The lowest BCUT2D eigenvalue weighted by molar-refractivity contribution is -0.127. The van der Waals surface area contributed by atoms with Gasteiger partial charge in [0.15, 0.2) is 6.10 Å². The fourth-order valence-corrected chi connectivity index (χ4v) is 3.70. The Morgan fingerprint density at radius 1 is 1.15 bits per heavy atom. The van der Waals surface area contributed by atoms with Gasteiger partial charge >= 0.3 is 0 Å². The number of carbonyl (C=O) groups is 1. The van der Waals surface area contributed by atoms with Crippen LogP contribution in [0, 0.1) is 20.8 Å². The van der Waals surface area contributed by atoms with Gasteiger partial charge in [-0.3, -0.25) is 4.79 Å². The van der Waals surface area contributed by atoms with Crippen LogP contribution >= 0.6 is 35.0 Å². The Bertz CT molecular complexity index is 811. The summed E-state index contributed by atoms with van der Waals surface area (Å²) in [5.74, 6) is 2.29. The molecule has 2 aromatic rings. The van der Waals surface area contributed by atoms with E-state index in [0.29, 0.717) is 16.6 Å². The number of ether oxygens (including phenoxy) is 1. The highest BCUT2D eigenvalue weighted by Gasteiger charge is 2.16. The average Bonchev–Trinajstić information content (AvgIpc) is 2.61. The quantitative estimate of drug-likeness (QED) is 0.548. The van der Waals surface area contributed by atoms with Gasteiger partial charge in [-0.2, -0.15) is 11.8 Å². The number of aryl methyl sites for hydroxylation is 2. The van der Waals surface area contributed by atoms with E-state index in [4.69, 9.17) is 27.9 Å². The van der Waals surface area contributed by atoms with Crippen LogP contribution in [-0.4, -0.2) is 24.3 Å². The molecule has 0 spiro atoms. The molecular formula is C21H25Cl2NO2S. The molecule has 0 radical (unpaired) electrons. The van der Waals surface area contributed by atoms with Gasteiger partial charge in [0.1, 0.15) is 5.75 Å². The van der Waals surface area contributed by atoms with E-state index in [0.717, 1.165) is 39.5 Å². The molecule has 2 rings (SSSR count). The number of amides is 1. The molecule has 0 saturated carbocycles. The second-order valence-corrected chi connectivity index (χ2v) is 8.48. The van der Waals surface area contributed by atoms with Crippen LogP contribution in [0.15, 0.2) is 30.3 Å². The molecule has 0 heterocycles. The van der Waals surface area contributed by atoms with Crippen LogP contribution in [0.1, 0.15) is 29.2 Å². The van der Waals surface area contributed by atoms with Crippen LogP contribution in [0.25, 0.3) is 0 Å². The number of hydrogen-bond acceptors (Lipinski definition) is 3. The van der Waals surface area contributed by atoms with Crippen LogP contribution in [0.3, 0.4) is 0 Å². The Morgan fingerprint density at radius 3 is 2.59 bits per heavy atom. The first-order chi connectivity index (χ1) is 12.8. The number of carbonyl (C=O) groups excluding carboxylic acids is 1. The molecule has 0 aliphatic carbocycles. The molecule has 3 nitrogen and oxygen atoms in total. The highest BCUT2D eigenvalue weighted by molar-refractivity contribution is 7.98. The monoisotopic (exact) mass is 425 g/mol. The maximum atomic E-state index is 12.3. The second-order valence-electron chi connectivity index (χ2n) is 6.56. The molecular weight excluding hydrogens is 401 g/mol. The number of hydrogen-bond donors (Lipinski definition) is 1. The molecule has 0 aliphatic rings. The van der Waals surface area contributed by atoms with Crippen LogP contribution in [0.2, 0.25) is 10.0 Å². The van der Waals surface area contributed by atoms with Crippen LogP contribution in [-0.2, 0) is 10.5 Å². The smallest absolute Gasteiger partial charge is 0.260 e. The van der Waals surface area contributed by atoms with Gasteiger partial charge in [0.25, 0.3) is 5.91 Å². The van der Waals surface area contributed by atoms with E-state index in [2.05, 4.69) is 11.4 Å². The Balaban J connectivity index is 1.74. The summed E-state index contributed by atoms with van der Waals surface area (Å²) in [5.41, 5.74) is 4.47. The predicted molar refractivity (Wildman–Crippen MR) is 116 cm³/mol. The molecule has 146 valence electrons. The lowest BCUT2D eigenvalue weighted by Gasteiger charge is -2.18. The van der Waals surface area contributed by atoms with E-state index in [1.54, 1.807) is 24.8 Å². The molecule has 6 heteroatoms. The third kappa shape index (κ3) is 6.63. The van der Waals surface area contributed by atoms with Crippen LogP contribution in [0.5, 0.6) is 5.75 Å². The third-order valence-electron chi connectivity index (χ3n) is 4.24. The molecule has 1 amide bonds. The summed E-state index contributed by atoms with van der Waals surface area (Å²) in [6, 6.07) is 9.71. The van der Waals surface area contributed by atoms with E-state index in [-0.39, 0.29) is 5.91 Å². The van der Waals surface area contributed by atoms with Gasteiger partial charge in [-0.1, -0.05) is 35.3 Å². The Kier molecular flexibility index (Phi) is 8.33. The van der Waals surface area contributed by atoms with Crippen molar-refractivity contribution in [2.24, 2.45) is 0 Å². The topological polar surface area (TPSA) is 38.3 Å². The average molecular weight is 426 g/mol. The zero-order chi connectivity index (χ0) is 20.0. The van der Waals surface area contributed by atoms with Gasteiger partial charge in [0.2, 0.25) is 0 Å². The van der Waals surface area contributed by atoms with Crippen molar-refractivity contribution < 1.29 is 9.53 Å². The summed E-state index contributed by atoms with van der Waals surface area (Å²) in [4.78, 5) is 12.3. The Morgan fingerprint density at radius 2 is 1.89 bits per heavy atom. The largest absolute Gasteiger partial charge is 0.481 e. The Labute approximate surface area is 175 Å². The van der Waals surface area contributed by atoms with E-state index in [9.17, 15) is 4.79 Å². The molecule has 27 heavy (non-hydrogen) atoms. The minimum atomic E-state index is -0.537. The van der Waals surface area contributed by atoms with Crippen molar-refractivity contribution in [1.82, 2.24) is 5.32 Å². The minimum absolute atomic E-state index is 0.108. The third-order valence-corrected chi connectivity index (χ3v) is 6.00. The van der Waals surface area contributed by atoms with Gasteiger partial charge in [-0.05, 0) is 68.1 Å². The van der Waals surface area contributed by atoms with Crippen molar-refractivity contribution in [2.45, 2.75) is 39.6 Å². The van der Waals surface area contributed by atoms with Crippen LogP contribution in [0.4, 0.5) is 0 Å². The predicted octanol–water partition coefficient (Wildman–Crippen LogP) is 5.74. The van der Waals surface area contributed by atoms with E-state index in [1.807, 2.05) is 39.0 Å². The molecule has 2 aromatic carbocycles. The summed E-state index contributed by atoms with van der Waals surface area (Å²) in [5, 5.41) is 4.05. The van der Waals surface area contributed by atoms with Crippen LogP contribution < -0.4 is 10.1 Å². The zero-order valence-electron chi connectivity index (χ0n) is 16.1. The minimum Gasteiger partial charge on any atom is -0.481 e. The molecule has 1 atom stereocenters. The number of benzene rings is 2. The molecule has 0 aromatic heterocycles. The summed E-state index contributed by atoms with van der Waals surface area (Å²) >= 11 is 13.7. The summed E-state index contributed by atoms with van der Waals surface area (Å²) in [6.45, 7) is 8.44. The maximum absolute atomic E-state index is 12.3. The highest BCUT2D eigenvalue weighted by Crippen LogP contribution is 2.25. The van der Waals surface area contributed by atoms with Gasteiger partial charge in [0.05, 0.1) is 10.0 Å². The molecule has 1 N–H and O–H groups in total. The van der Waals surface area contributed by atoms with Gasteiger partial charge in [0, 0.05) is 18.1 Å². The molecule has 0 saturated heterocycles. The van der Waals surface area contributed by atoms with Crippen molar-refractivity contribution >= 4 is 40.9 Å². The highest BCUT2D eigenvalue weighted by atomic mass is 35.5. The standard InChI is InChI=1S/C21H25Cl2NO2S/c1-13-9-14(2)15(3)20(10-13)26-16(4)21(25)24-7-8-27-12-17-5-6-18(22)19(23)11-17/h5-6,9-11,16H,7-8,12H2,1-4H3,(H,24,25)/t16-/m1/s1. The number of nitrogens with one attached hydrogen (secondary N) is 1. The van der Waals surface area contributed by atoms with Crippen molar-refractivity contribution in [3.8, 4) is 5.75 Å². The number of rotatable bonds is 8. The van der Waals surface area contributed by atoms with Crippen molar-refractivity contribution in [3.05, 3.63) is 62.6 Å².